The largest absolute Gasteiger partial charge is 0.355 e. The van der Waals surface area contributed by atoms with E-state index in [1.807, 2.05) is 37.3 Å². The van der Waals surface area contributed by atoms with Crippen molar-refractivity contribution in [3.63, 3.8) is 0 Å². The Hall–Kier alpha value is -2.69. The lowest BCUT2D eigenvalue weighted by Gasteiger charge is -2.36. The molecule has 0 bridgehead atoms. The van der Waals surface area contributed by atoms with Gasteiger partial charge in [0.05, 0.1) is 11.1 Å². The number of rotatable bonds is 3. The van der Waals surface area contributed by atoms with Crippen molar-refractivity contribution in [1.29, 1.82) is 0 Å². The van der Waals surface area contributed by atoms with Crippen LogP contribution in [0, 0.1) is 12.7 Å². The number of carbonyl (C=O) groups is 2. The first kappa shape index (κ1) is 16.2. The molecule has 3 rings (SSSR count). The molecule has 124 valence electrons. The Balaban J connectivity index is 1.95. The van der Waals surface area contributed by atoms with Crippen molar-refractivity contribution in [2.75, 3.05) is 11.9 Å². The van der Waals surface area contributed by atoms with Crippen molar-refractivity contribution in [2.24, 2.45) is 0 Å². The molecular weight excluding hydrogens is 307 g/mol. The molecule has 1 saturated heterocycles. The Bertz CT molecular complexity index is 764. The summed E-state index contributed by atoms with van der Waals surface area (Å²) in [4.78, 5) is 24.6. The molecule has 2 N–H and O–H groups in total. The van der Waals surface area contributed by atoms with Crippen LogP contribution >= 0.6 is 0 Å². The van der Waals surface area contributed by atoms with E-state index in [1.54, 1.807) is 12.1 Å². The Morgan fingerprint density at radius 1 is 1.21 bits per heavy atom. The minimum Gasteiger partial charge on any atom is -0.355 e. The van der Waals surface area contributed by atoms with Gasteiger partial charge < -0.3 is 10.6 Å². The zero-order valence-corrected chi connectivity index (χ0v) is 13.4. The normalized spacial score (nSPS) is 20.3. The van der Waals surface area contributed by atoms with Gasteiger partial charge >= 0.3 is 0 Å². The fourth-order valence-corrected chi connectivity index (χ4v) is 3.06. The molecule has 5 heteroatoms. The van der Waals surface area contributed by atoms with E-state index in [1.165, 1.54) is 6.07 Å². The van der Waals surface area contributed by atoms with Crippen LogP contribution in [0.4, 0.5) is 10.1 Å². The second kappa shape index (κ2) is 6.43. The smallest absolute Gasteiger partial charge is 0.236 e. The fourth-order valence-electron chi connectivity index (χ4n) is 3.06. The molecule has 0 unspecified atom stereocenters. The quantitative estimate of drug-likeness (QED) is 0.911. The monoisotopic (exact) mass is 326 g/mol. The van der Waals surface area contributed by atoms with Crippen LogP contribution in [0.25, 0.3) is 0 Å². The zero-order chi connectivity index (χ0) is 17.2. The molecule has 0 aliphatic carbocycles. The summed E-state index contributed by atoms with van der Waals surface area (Å²) in [6.45, 7) is 2.04. The van der Waals surface area contributed by atoms with Gasteiger partial charge in [-0.25, -0.2) is 4.39 Å². The number of nitrogens with one attached hydrogen (secondary N) is 2. The van der Waals surface area contributed by atoms with Crippen molar-refractivity contribution in [1.82, 2.24) is 5.32 Å². The van der Waals surface area contributed by atoms with E-state index < -0.39 is 11.2 Å². The van der Waals surface area contributed by atoms with Gasteiger partial charge in [0.15, 0.2) is 0 Å². The minimum absolute atomic E-state index is 0.0731. The Kier molecular flexibility index (Phi) is 4.34. The molecule has 1 fully saturated rings. The van der Waals surface area contributed by atoms with Crippen molar-refractivity contribution in [3.05, 3.63) is 65.5 Å². The van der Waals surface area contributed by atoms with Crippen molar-refractivity contribution in [3.8, 4) is 0 Å². The van der Waals surface area contributed by atoms with E-state index in [-0.39, 0.29) is 30.5 Å². The van der Waals surface area contributed by atoms with Crippen molar-refractivity contribution >= 4 is 17.5 Å². The van der Waals surface area contributed by atoms with E-state index in [9.17, 15) is 14.0 Å². The van der Waals surface area contributed by atoms with Gasteiger partial charge in [-0.1, -0.05) is 36.4 Å². The summed E-state index contributed by atoms with van der Waals surface area (Å²) in [6.07, 6.45) is 0.654. The van der Waals surface area contributed by atoms with Crippen LogP contribution in [-0.4, -0.2) is 18.4 Å². The van der Waals surface area contributed by atoms with E-state index >= 15 is 0 Å². The Labute approximate surface area is 140 Å². The number of carbonyl (C=O) groups excluding carboxylic acids is 2. The van der Waals surface area contributed by atoms with Crippen LogP contribution in [0.3, 0.4) is 0 Å². The van der Waals surface area contributed by atoms with E-state index in [2.05, 4.69) is 10.6 Å². The molecule has 1 heterocycles. The molecular formula is C19H19FN2O2. The average molecular weight is 326 g/mol. The van der Waals surface area contributed by atoms with Gasteiger partial charge in [0.2, 0.25) is 11.8 Å². The highest BCUT2D eigenvalue weighted by atomic mass is 19.1. The maximum absolute atomic E-state index is 14.0. The number of halogens is 1. The van der Waals surface area contributed by atoms with E-state index in [0.717, 1.165) is 11.1 Å². The summed E-state index contributed by atoms with van der Waals surface area (Å²) in [5.74, 6) is -0.855. The average Bonchev–Trinajstić information content (AvgIpc) is 2.60. The molecule has 1 aliphatic heterocycles. The molecule has 0 aromatic heterocycles. The number of hydrogen-bond donors (Lipinski definition) is 2. The highest BCUT2D eigenvalue weighted by molar-refractivity contribution is 6.01. The Morgan fingerprint density at radius 2 is 1.96 bits per heavy atom. The molecule has 4 nitrogen and oxygen atoms in total. The molecule has 0 saturated carbocycles. The first-order valence-electron chi connectivity index (χ1n) is 7.91. The fraction of sp³-hybridized carbons (Fsp3) is 0.263. The molecule has 1 atom stereocenters. The molecule has 24 heavy (non-hydrogen) atoms. The van der Waals surface area contributed by atoms with Gasteiger partial charge in [-0.05, 0) is 36.6 Å². The summed E-state index contributed by atoms with van der Waals surface area (Å²) in [5.41, 5.74) is 0.936. The van der Waals surface area contributed by atoms with E-state index in [4.69, 9.17) is 0 Å². The van der Waals surface area contributed by atoms with E-state index in [0.29, 0.717) is 6.42 Å². The molecule has 0 radical (unpaired) electrons. The van der Waals surface area contributed by atoms with Crippen molar-refractivity contribution < 1.29 is 14.0 Å². The first-order valence-corrected chi connectivity index (χ1v) is 7.91. The first-order chi connectivity index (χ1) is 11.5. The predicted octanol–water partition coefficient (Wildman–Crippen LogP) is 2.92. The van der Waals surface area contributed by atoms with Crippen LogP contribution in [0.15, 0.2) is 48.5 Å². The van der Waals surface area contributed by atoms with Crippen LogP contribution < -0.4 is 10.6 Å². The van der Waals surface area contributed by atoms with Gasteiger partial charge in [-0.2, -0.15) is 0 Å². The summed E-state index contributed by atoms with van der Waals surface area (Å²) in [5, 5.41) is 5.48. The van der Waals surface area contributed by atoms with Gasteiger partial charge in [0.25, 0.3) is 0 Å². The summed E-state index contributed by atoms with van der Waals surface area (Å²) in [7, 11) is 0. The summed E-state index contributed by atoms with van der Waals surface area (Å²) >= 11 is 0. The zero-order valence-electron chi connectivity index (χ0n) is 13.4. The summed E-state index contributed by atoms with van der Waals surface area (Å²) < 4.78 is 14.0. The topological polar surface area (TPSA) is 58.2 Å². The molecule has 0 spiro atoms. The van der Waals surface area contributed by atoms with Gasteiger partial charge in [-0.15, -0.1) is 0 Å². The second-order valence-electron chi connectivity index (χ2n) is 6.16. The lowest BCUT2D eigenvalue weighted by molar-refractivity contribution is -0.127. The van der Waals surface area contributed by atoms with Crippen LogP contribution in [0.2, 0.25) is 0 Å². The van der Waals surface area contributed by atoms with Crippen LogP contribution in [0.5, 0.6) is 0 Å². The Morgan fingerprint density at radius 3 is 2.62 bits per heavy atom. The lowest BCUT2D eigenvalue weighted by atomic mass is 9.73. The molecule has 1 aliphatic rings. The second-order valence-corrected chi connectivity index (χ2v) is 6.16. The maximum Gasteiger partial charge on any atom is 0.236 e. The third-order valence-electron chi connectivity index (χ3n) is 4.50. The maximum atomic E-state index is 14.0. The molecule has 2 aromatic rings. The van der Waals surface area contributed by atoms with Crippen molar-refractivity contribution in [2.45, 2.75) is 25.2 Å². The molecule has 2 aromatic carbocycles. The van der Waals surface area contributed by atoms with Crippen LogP contribution in [-0.2, 0) is 15.0 Å². The number of aryl methyl sites for hydroxylation is 1. The SMILES string of the molecule is Cc1ccc(F)c(NC(=O)[C@@]2(c3ccccc3)CCC(=O)NC2)c1. The summed E-state index contributed by atoms with van der Waals surface area (Å²) in [6, 6.07) is 13.9. The molecule has 2 amide bonds. The predicted molar refractivity (Wildman–Crippen MR) is 90.1 cm³/mol. The van der Waals surface area contributed by atoms with Gasteiger partial charge in [-0.3, -0.25) is 9.59 Å². The minimum atomic E-state index is -0.897. The third-order valence-corrected chi connectivity index (χ3v) is 4.50. The highest BCUT2D eigenvalue weighted by Gasteiger charge is 2.43. The van der Waals surface area contributed by atoms with Gasteiger partial charge in [0, 0.05) is 13.0 Å². The lowest BCUT2D eigenvalue weighted by Crippen LogP contribution is -2.53. The number of benzene rings is 2. The van der Waals surface area contributed by atoms with Gasteiger partial charge in [0.1, 0.15) is 5.82 Å². The number of anilines is 1. The number of hydrogen-bond acceptors (Lipinski definition) is 2. The number of piperidine rings is 1. The van der Waals surface area contributed by atoms with Crippen LogP contribution in [0.1, 0.15) is 24.0 Å². The number of amides is 2. The third kappa shape index (κ3) is 3.02. The highest BCUT2D eigenvalue weighted by Crippen LogP contribution is 2.33. The standard InChI is InChI=1S/C19H19FN2O2/c1-13-7-8-15(20)16(11-13)22-18(24)19(10-9-17(23)21-12-19)14-5-3-2-4-6-14/h2-8,11H,9-10,12H2,1H3,(H,21,23)(H,22,24)/t19-/m0/s1.